The molecule has 0 bridgehead atoms. The molecule has 0 saturated carbocycles. The number of pyridine rings is 1. The summed E-state index contributed by atoms with van der Waals surface area (Å²) in [5.41, 5.74) is 16.3. The summed E-state index contributed by atoms with van der Waals surface area (Å²) in [6.45, 7) is 11.2. The van der Waals surface area contributed by atoms with E-state index in [4.69, 9.17) is 14.4 Å². The van der Waals surface area contributed by atoms with Gasteiger partial charge in [0, 0.05) is 17.0 Å². The van der Waals surface area contributed by atoms with Gasteiger partial charge in [-0.2, -0.15) is 0 Å². The maximum atomic E-state index is 6.87. The molecule has 6 aromatic carbocycles. The van der Waals surface area contributed by atoms with Crippen molar-refractivity contribution in [3.8, 4) is 50.5 Å². The first-order valence-electron chi connectivity index (χ1n) is 18.5. The second-order valence-electron chi connectivity index (χ2n) is 14.7. The number of aromatic nitrogens is 3. The third kappa shape index (κ3) is 5.62. The fourth-order valence-electron chi connectivity index (χ4n) is 7.74. The molecular weight excluding hydrogens is 647 g/mol. The molecule has 4 nitrogen and oxygen atoms in total. The van der Waals surface area contributed by atoms with E-state index >= 15 is 0 Å². The maximum absolute atomic E-state index is 6.87. The van der Waals surface area contributed by atoms with Gasteiger partial charge in [0.05, 0.1) is 11.3 Å². The second-order valence-corrected chi connectivity index (χ2v) is 14.7. The highest BCUT2D eigenvalue weighted by atomic mass is 16.3. The molecule has 0 saturated heterocycles. The van der Waals surface area contributed by atoms with Crippen molar-refractivity contribution in [2.75, 3.05) is 0 Å². The van der Waals surface area contributed by atoms with Crippen LogP contribution in [0.15, 0.2) is 150 Å². The lowest BCUT2D eigenvalue weighted by atomic mass is 9.88. The molecular formula is C49H41N3O. The number of aryl methyl sites for hydroxylation is 1. The van der Waals surface area contributed by atoms with Crippen molar-refractivity contribution in [3.05, 3.63) is 162 Å². The average molecular weight is 688 g/mol. The van der Waals surface area contributed by atoms with Gasteiger partial charge in [0.2, 0.25) is 0 Å². The summed E-state index contributed by atoms with van der Waals surface area (Å²) >= 11 is 0. The zero-order valence-corrected chi connectivity index (χ0v) is 30.8. The first kappa shape index (κ1) is 32.6. The summed E-state index contributed by atoms with van der Waals surface area (Å²) < 4.78 is 9.18. The van der Waals surface area contributed by atoms with E-state index in [1.165, 1.54) is 33.4 Å². The van der Waals surface area contributed by atoms with Crippen LogP contribution in [-0.2, 0) is 0 Å². The van der Waals surface area contributed by atoms with Crippen molar-refractivity contribution < 1.29 is 4.42 Å². The molecule has 0 fully saturated rings. The number of rotatable bonds is 7. The van der Waals surface area contributed by atoms with Crippen molar-refractivity contribution in [2.24, 2.45) is 0 Å². The molecule has 9 aromatic rings. The minimum absolute atomic E-state index is 0.253. The Morgan fingerprint density at radius 3 is 1.77 bits per heavy atom. The van der Waals surface area contributed by atoms with Crippen LogP contribution in [0.5, 0.6) is 0 Å². The van der Waals surface area contributed by atoms with Crippen molar-refractivity contribution >= 4 is 33.1 Å². The summed E-state index contributed by atoms with van der Waals surface area (Å²) in [5, 5.41) is 2.15. The van der Waals surface area contributed by atoms with Gasteiger partial charge in [-0.05, 0) is 105 Å². The number of para-hydroxylation sites is 1. The van der Waals surface area contributed by atoms with Crippen LogP contribution >= 0.6 is 0 Å². The lowest BCUT2D eigenvalue weighted by Gasteiger charge is -2.24. The molecule has 53 heavy (non-hydrogen) atoms. The Balaban J connectivity index is 1.25. The van der Waals surface area contributed by atoms with E-state index in [-0.39, 0.29) is 11.8 Å². The summed E-state index contributed by atoms with van der Waals surface area (Å²) in [6, 6.07) is 49.7. The largest absolute Gasteiger partial charge is 0.455 e. The standard InChI is InChI=1S/C49H41N3O/c1-30(2)42-27-38(34-15-10-7-11-16-34)28-43(31(3)4)46(42)52-48(51-45-32(5)25-26-50-49(45)52)41-18-12-17-40-39-24-23-37(29-44(39)53-47(40)41)36-21-19-35(20-22-36)33-13-8-6-9-14-33/h6-31H,1-5H3. The maximum Gasteiger partial charge on any atom is 0.165 e. The van der Waals surface area contributed by atoms with Gasteiger partial charge < -0.3 is 4.42 Å². The molecule has 3 heterocycles. The number of furan rings is 1. The van der Waals surface area contributed by atoms with E-state index in [1.54, 1.807) is 0 Å². The van der Waals surface area contributed by atoms with Gasteiger partial charge in [-0.3, -0.25) is 4.57 Å². The summed E-state index contributed by atoms with van der Waals surface area (Å²) in [5.74, 6) is 1.34. The Labute approximate surface area is 310 Å². The van der Waals surface area contributed by atoms with Crippen LogP contribution < -0.4 is 0 Å². The number of nitrogens with zero attached hydrogens (tertiary/aromatic N) is 3. The van der Waals surface area contributed by atoms with E-state index < -0.39 is 0 Å². The van der Waals surface area contributed by atoms with Crippen LogP contribution in [0.1, 0.15) is 56.2 Å². The number of benzene rings is 6. The summed E-state index contributed by atoms with van der Waals surface area (Å²) in [6.07, 6.45) is 1.90. The first-order chi connectivity index (χ1) is 25.9. The molecule has 0 radical (unpaired) electrons. The minimum atomic E-state index is 0.253. The smallest absolute Gasteiger partial charge is 0.165 e. The number of imidazole rings is 1. The molecule has 0 N–H and O–H groups in total. The Hall–Kier alpha value is -6.26. The molecule has 0 aliphatic heterocycles. The van der Waals surface area contributed by atoms with Gasteiger partial charge in [-0.25, -0.2) is 9.97 Å². The fraction of sp³-hybridized carbons (Fsp3) is 0.143. The first-order valence-corrected chi connectivity index (χ1v) is 18.5. The van der Waals surface area contributed by atoms with Gasteiger partial charge in [0.25, 0.3) is 0 Å². The highest BCUT2D eigenvalue weighted by molar-refractivity contribution is 6.10. The van der Waals surface area contributed by atoms with Crippen LogP contribution in [0.3, 0.4) is 0 Å². The van der Waals surface area contributed by atoms with Gasteiger partial charge in [-0.15, -0.1) is 0 Å². The molecule has 9 rings (SSSR count). The molecule has 3 aromatic heterocycles. The number of hydrogen-bond donors (Lipinski definition) is 0. The second kappa shape index (κ2) is 13.1. The topological polar surface area (TPSA) is 43.9 Å². The van der Waals surface area contributed by atoms with E-state index in [0.717, 1.165) is 66.9 Å². The Morgan fingerprint density at radius 2 is 1.13 bits per heavy atom. The number of hydrogen-bond acceptors (Lipinski definition) is 3. The van der Waals surface area contributed by atoms with Gasteiger partial charge in [0.15, 0.2) is 11.5 Å². The monoisotopic (exact) mass is 687 g/mol. The molecule has 0 amide bonds. The quantitative estimate of drug-likeness (QED) is 0.167. The van der Waals surface area contributed by atoms with E-state index in [2.05, 4.69) is 173 Å². The Kier molecular flexibility index (Phi) is 8.04. The Morgan fingerprint density at radius 1 is 0.547 bits per heavy atom. The lowest BCUT2D eigenvalue weighted by molar-refractivity contribution is 0.669. The predicted octanol–water partition coefficient (Wildman–Crippen LogP) is 13.5. The van der Waals surface area contributed by atoms with Crippen molar-refractivity contribution in [3.63, 3.8) is 0 Å². The van der Waals surface area contributed by atoms with Crippen LogP contribution in [0.2, 0.25) is 0 Å². The molecule has 0 aliphatic rings. The average Bonchev–Trinajstić information content (AvgIpc) is 3.77. The zero-order chi connectivity index (χ0) is 36.2. The van der Waals surface area contributed by atoms with E-state index in [1.807, 2.05) is 12.3 Å². The zero-order valence-electron chi connectivity index (χ0n) is 30.8. The van der Waals surface area contributed by atoms with Crippen LogP contribution in [0.25, 0.3) is 83.6 Å². The van der Waals surface area contributed by atoms with E-state index in [0.29, 0.717) is 0 Å². The summed E-state index contributed by atoms with van der Waals surface area (Å²) in [4.78, 5) is 10.4. The number of fused-ring (bicyclic) bond motifs is 4. The summed E-state index contributed by atoms with van der Waals surface area (Å²) in [7, 11) is 0. The van der Waals surface area contributed by atoms with Crippen molar-refractivity contribution in [1.29, 1.82) is 0 Å². The van der Waals surface area contributed by atoms with Gasteiger partial charge in [0.1, 0.15) is 16.7 Å². The molecule has 0 atom stereocenters. The Bertz CT molecular complexity index is 2740. The van der Waals surface area contributed by atoms with E-state index in [9.17, 15) is 0 Å². The van der Waals surface area contributed by atoms with Crippen molar-refractivity contribution in [2.45, 2.75) is 46.5 Å². The SMILES string of the molecule is Cc1ccnc2c1nc(-c1cccc3c1oc1cc(-c4ccc(-c5ccccc5)cc4)ccc13)n2-c1c(C(C)C)cc(-c2ccccc2)cc1C(C)C. The molecule has 0 spiro atoms. The molecule has 258 valence electrons. The van der Waals surface area contributed by atoms with Gasteiger partial charge in [-0.1, -0.05) is 131 Å². The molecule has 4 heteroatoms. The van der Waals surface area contributed by atoms with Gasteiger partial charge >= 0.3 is 0 Å². The van der Waals surface area contributed by atoms with Crippen LogP contribution in [0, 0.1) is 6.92 Å². The van der Waals surface area contributed by atoms with Crippen LogP contribution in [-0.4, -0.2) is 14.5 Å². The molecule has 0 unspecified atom stereocenters. The lowest BCUT2D eigenvalue weighted by Crippen LogP contribution is -2.10. The normalized spacial score (nSPS) is 11.8. The predicted molar refractivity (Wildman–Crippen MR) is 221 cm³/mol. The molecule has 0 aliphatic carbocycles. The third-order valence-electron chi connectivity index (χ3n) is 10.6. The van der Waals surface area contributed by atoms with Crippen molar-refractivity contribution in [1.82, 2.24) is 14.5 Å². The van der Waals surface area contributed by atoms with Crippen LogP contribution in [0.4, 0.5) is 0 Å². The fourth-order valence-corrected chi connectivity index (χ4v) is 7.74. The highest BCUT2D eigenvalue weighted by Crippen LogP contribution is 2.43. The third-order valence-corrected chi connectivity index (χ3v) is 10.6. The highest BCUT2D eigenvalue weighted by Gasteiger charge is 2.26. The minimum Gasteiger partial charge on any atom is -0.455 e.